The van der Waals surface area contributed by atoms with Gasteiger partial charge in [0.05, 0.1) is 22.9 Å². The summed E-state index contributed by atoms with van der Waals surface area (Å²) in [4.78, 5) is 13.0. The first-order valence-electron chi connectivity index (χ1n) is 12.6. The summed E-state index contributed by atoms with van der Waals surface area (Å²) < 4.78 is 25.5. The van der Waals surface area contributed by atoms with Crippen LogP contribution in [0.2, 0.25) is 0 Å². The second-order valence-electron chi connectivity index (χ2n) is 11.2. The van der Waals surface area contributed by atoms with Gasteiger partial charge >= 0.3 is 0 Å². The van der Waals surface area contributed by atoms with E-state index in [1.54, 1.807) is 6.08 Å². The molecule has 1 unspecified atom stereocenters. The molecule has 2 aromatic rings. The average molecular weight is 491 g/mol. The summed E-state index contributed by atoms with van der Waals surface area (Å²) >= 11 is 0. The summed E-state index contributed by atoms with van der Waals surface area (Å²) in [5, 5.41) is 17.7. The van der Waals surface area contributed by atoms with Crippen LogP contribution in [0.1, 0.15) is 56.2 Å². The molecule has 1 amide bonds. The van der Waals surface area contributed by atoms with Gasteiger partial charge in [-0.15, -0.1) is 0 Å². The van der Waals surface area contributed by atoms with Gasteiger partial charge in [-0.05, 0) is 80.9 Å². The molecule has 1 aliphatic heterocycles. The van der Waals surface area contributed by atoms with Crippen molar-refractivity contribution in [3.63, 3.8) is 0 Å². The summed E-state index contributed by atoms with van der Waals surface area (Å²) in [7, 11) is -3.12. The van der Waals surface area contributed by atoms with Crippen LogP contribution in [0.5, 0.6) is 0 Å². The van der Waals surface area contributed by atoms with Crippen molar-refractivity contribution in [1.82, 2.24) is 15.1 Å². The van der Waals surface area contributed by atoms with Crippen molar-refractivity contribution in [2.45, 2.75) is 56.4 Å². The molecule has 0 radical (unpaired) electrons. The second kappa shape index (κ2) is 8.34. The number of benzene rings is 1. The fourth-order valence-electron chi connectivity index (χ4n) is 7.49. The van der Waals surface area contributed by atoms with E-state index in [2.05, 4.69) is 11.4 Å². The number of hydrogen-bond acceptors (Lipinski definition) is 5. The maximum atomic E-state index is 13.0. The standard InChI is InChI=1S/C27H30N4O3S/c28-15-21(26(32)29-23-6-7-35(33,34)17-23)11-22-16-31(24-4-2-1-3-5-24)30-25(22)27-12-18-8-19(13-27)10-20(9-18)14-27/h1-5,11,16,18-20,23H,6-10,12-14,17H2,(H,29,32)/b21-11-. The number of rotatable bonds is 5. The number of para-hydroxylation sites is 1. The minimum Gasteiger partial charge on any atom is -0.348 e. The van der Waals surface area contributed by atoms with E-state index in [-0.39, 0.29) is 22.5 Å². The minimum absolute atomic E-state index is 0.00279. The van der Waals surface area contributed by atoms with Gasteiger partial charge in [0.2, 0.25) is 0 Å². The van der Waals surface area contributed by atoms with E-state index in [0.29, 0.717) is 6.42 Å². The van der Waals surface area contributed by atoms with Crippen LogP contribution in [-0.2, 0) is 20.0 Å². The monoisotopic (exact) mass is 490 g/mol. The smallest absolute Gasteiger partial charge is 0.262 e. The number of nitrogens with one attached hydrogen (secondary N) is 1. The van der Waals surface area contributed by atoms with E-state index in [9.17, 15) is 18.5 Å². The molecule has 5 fully saturated rings. The molecule has 1 saturated heterocycles. The van der Waals surface area contributed by atoms with Crippen LogP contribution in [0.25, 0.3) is 11.8 Å². The normalized spacial score (nSPS) is 32.9. The van der Waals surface area contributed by atoms with E-state index < -0.39 is 21.8 Å². The van der Waals surface area contributed by atoms with Crippen LogP contribution in [-0.4, -0.2) is 41.7 Å². The Morgan fingerprint density at radius 1 is 1.11 bits per heavy atom. The van der Waals surface area contributed by atoms with Gasteiger partial charge in [0.15, 0.2) is 9.84 Å². The second-order valence-corrected chi connectivity index (χ2v) is 13.4. The predicted octanol–water partition coefficient (Wildman–Crippen LogP) is 3.55. The van der Waals surface area contributed by atoms with E-state index in [4.69, 9.17) is 5.10 Å². The Balaban J connectivity index is 1.37. The molecule has 7 nitrogen and oxygen atoms in total. The number of sulfone groups is 1. The number of aromatic nitrogens is 2. The number of hydrogen-bond donors (Lipinski definition) is 1. The SMILES string of the molecule is N#C/C(=C/c1cn(-c2ccccc2)nc1C12CC3CC(CC(C3)C1)C2)C(=O)NC1CCS(=O)(=O)C1. The molecule has 1 atom stereocenters. The summed E-state index contributed by atoms with van der Waals surface area (Å²) in [6.07, 6.45) is 11.3. The number of amides is 1. The molecule has 182 valence electrons. The Morgan fingerprint density at radius 3 is 2.34 bits per heavy atom. The first-order chi connectivity index (χ1) is 16.8. The molecular weight excluding hydrogens is 460 g/mol. The maximum absolute atomic E-state index is 13.0. The van der Waals surface area contributed by atoms with Crippen molar-refractivity contribution in [3.05, 3.63) is 53.4 Å². The molecule has 1 aromatic carbocycles. The lowest BCUT2D eigenvalue weighted by Crippen LogP contribution is -2.49. The van der Waals surface area contributed by atoms with Crippen LogP contribution < -0.4 is 5.32 Å². The zero-order valence-corrected chi connectivity index (χ0v) is 20.5. The molecule has 5 aliphatic rings. The third kappa shape index (κ3) is 4.20. The van der Waals surface area contributed by atoms with Gasteiger partial charge in [0.25, 0.3) is 5.91 Å². The highest BCUT2D eigenvalue weighted by molar-refractivity contribution is 7.91. The van der Waals surface area contributed by atoms with Gasteiger partial charge < -0.3 is 5.32 Å². The number of nitriles is 1. The predicted molar refractivity (Wildman–Crippen MR) is 132 cm³/mol. The van der Waals surface area contributed by atoms with Crippen LogP contribution in [0.15, 0.2) is 42.1 Å². The van der Waals surface area contributed by atoms with Gasteiger partial charge in [0.1, 0.15) is 11.6 Å². The molecule has 4 aliphatic carbocycles. The van der Waals surface area contributed by atoms with Gasteiger partial charge in [-0.25, -0.2) is 13.1 Å². The van der Waals surface area contributed by atoms with Crippen LogP contribution in [0.4, 0.5) is 0 Å². The molecule has 0 spiro atoms. The molecule has 35 heavy (non-hydrogen) atoms. The van der Waals surface area contributed by atoms with Crippen molar-refractivity contribution in [3.8, 4) is 11.8 Å². The summed E-state index contributed by atoms with van der Waals surface area (Å²) in [5.74, 6) is 1.71. The van der Waals surface area contributed by atoms with Crippen molar-refractivity contribution >= 4 is 21.8 Å². The lowest BCUT2D eigenvalue weighted by Gasteiger charge is -2.56. The summed E-state index contributed by atoms with van der Waals surface area (Å²) in [6, 6.07) is 11.5. The molecule has 4 saturated carbocycles. The highest BCUT2D eigenvalue weighted by Crippen LogP contribution is 2.61. The highest BCUT2D eigenvalue weighted by atomic mass is 32.2. The van der Waals surface area contributed by atoms with Gasteiger partial charge in [-0.2, -0.15) is 10.4 Å². The molecule has 7 rings (SSSR count). The largest absolute Gasteiger partial charge is 0.348 e. The minimum atomic E-state index is -3.12. The average Bonchev–Trinajstić information content (AvgIpc) is 3.40. The Morgan fingerprint density at radius 2 is 1.77 bits per heavy atom. The van der Waals surface area contributed by atoms with Crippen LogP contribution in [0.3, 0.4) is 0 Å². The van der Waals surface area contributed by atoms with E-state index in [1.807, 2.05) is 41.2 Å². The van der Waals surface area contributed by atoms with E-state index in [1.165, 1.54) is 19.3 Å². The summed E-state index contributed by atoms with van der Waals surface area (Å²) in [5.41, 5.74) is 2.76. The molecule has 4 bridgehead atoms. The lowest BCUT2D eigenvalue weighted by atomic mass is 9.48. The highest BCUT2D eigenvalue weighted by Gasteiger charge is 2.53. The zero-order chi connectivity index (χ0) is 24.2. The summed E-state index contributed by atoms with van der Waals surface area (Å²) in [6.45, 7) is 0. The fraction of sp³-hybridized carbons (Fsp3) is 0.519. The number of carbonyl (C=O) groups excluding carboxylic acids is 1. The lowest BCUT2D eigenvalue weighted by molar-refractivity contribution is -0.117. The van der Waals surface area contributed by atoms with Crippen molar-refractivity contribution in [1.29, 1.82) is 5.26 Å². The quantitative estimate of drug-likeness (QED) is 0.510. The zero-order valence-electron chi connectivity index (χ0n) is 19.7. The third-order valence-electron chi connectivity index (χ3n) is 8.54. The Bertz CT molecular complexity index is 1300. The Hall–Kier alpha value is -2.92. The Labute approximate surface area is 206 Å². The van der Waals surface area contributed by atoms with Crippen LogP contribution >= 0.6 is 0 Å². The van der Waals surface area contributed by atoms with Crippen molar-refractivity contribution in [2.75, 3.05) is 11.5 Å². The maximum Gasteiger partial charge on any atom is 0.262 e. The first-order valence-corrected chi connectivity index (χ1v) is 14.4. The van der Waals surface area contributed by atoms with Crippen LogP contribution in [0, 0.1) is 29.1 Å². The fourth-order valence-corrected chi connectivity index (χ4v) is 9.17. The molecule has 2 heterocycles. The van der Waals surface area contributed by atoms with Crippen molar-refractivity contribution in [2.24, 2.45) is 17.8 Å². The first kappa shape index (κ1) is 22.5. The molecule has 1 N–H and O–H groups in total. The van der Waals surface area contributed by atoms with Gasteiger partial charge in [0, 0.05) is 23.2 Å². The van der Waals surface area contributed by atoms with Gasteiger partial charge in [-0.1, -0.05) is 18.2 Å². The van der Waals surface area contributed by atoms with Crippen molar-refractivity contribution < 1.29 is 13.2 Å². The Kier molecular flexibility index (Phi) is 5.37. The van der Waals surface area contributed by atoms with E-state index >= 15 is 0 Å². The number of nitrogens with zero attached hydrogens (tertiary/aromatic N) is 3. The van der Waals surface area contributed by atoms with Gasteiger partial charge in [-0.3, -0.25) is 4.79 Å². The third-order valence-corrected chi connectivity index (χ3v) is 10.3. The topological polar surface area (TPSA) is 105 Å². The molecule has 8 heteroatoms. The molecular formula is C27H30N4O3S. The number of carbonyl (C=O) groups is 1. The van der Waals surface area contributed by atoms with E-state index in [0.717, 1.165) is 54.0 Å². The molecule has 1 aromatic heterocycles.